The lowest BCUT2D eigenvalue weighted by molar-refractivity contribution is -0.136. The summed E-state index contributed by atoms with van der Waals surface area (Å²) in [5, 5.41) is 8.31. The maximum Gasteiger partial charge on any atom is 0.500 e. The average Bonchev–Trinajstić information content (AvgIpc) is 2.34. The van der Waals surface area contributed by atoms with Gasteiger partial charge in [0.15, 0.2) is 0 Å². The van der Waals surface area contributed by atoms with Gasteiger partial charge in [-0.05, 0) is 13.3 Å². The van der Waals surface area contributed by atoms with Crippen LogP contribution < -0.4 is 0 Å². The molecule has 0 saturated carbocycles. The van der Waals surface area contributed by atoms with Crippen LogP contribution in [0.2, 0.25) is 6.04 Å². The molecule has 0 fully saturated rings. The zero-order valence-electron chi connectivity index (χ0n) is 10.6. The van der Waals surface area contributed by atoms with Crippen molar-refractivity contribution in [2.75, 3.05) is 27.1 Å². The van der Waals surface area contributed by atoms with Gasteiger partial charge in [0.1, 0.15) is 5.25 Å². The van der Waals surface area contributed by atoms with Gasteiger partial charge in [-0.1, -0.05) is 21.6 Å². The van der Waals surface area contributed by atoms with E-state index in [4.69, 9.17) is 18.4 Å². The second kappa shape index (κ2) is 9.23. The SMILES string of the molecule is CO[Si](CCCSSC(C)C(=O)O)(OC)OC. The van der Waals surface area contributed by atoms with Crippen LogP contribution in [0, 0.1) is 0 Å². The van der Waals surface area contributed by atoms with E-state index in [0.29, 0.717) is 0 Å². The van der Waals surface area contributed by atoms with Crippen LogP contribution in [0.15, 0.2) is 0 Å². The van der Waals surface area contributed by atoms with Crippen LogP contribution in [0.5, 0.6) is 0 Å². The first-order valence-corrected chi connectivity index (χ1v) is 9.49. The number of carboxylic acids is 1. The van der Waals surface area contributed by atoms with Crippen molar-refractivity contribution >= 4 is 36.4 Å². The first kappa shape index (κ1) is 17.3. The number of hydrogen-bond acceptors (Lipinski definition) is 6. The zero-order chi connectivity index (χ0) is 13.3. The minimum absolute atomic E-state index is 0.380. The van der Waals surface area contributed by atoms with Crippen molar-refractivity contribution in [1.29, 1.82) is 0 Å². The molecule has 0 saturated heterocycles. The Kier molecular flexibility index (Phi) is 9.38. The monoisotopic (exact) mass is 300 g/mol. The molecule has 0 amide bonds. The number of rotatable bonds is 10. The van der Waals surface area contributed by atoms with Crippen LogP contribution >= 0.6 is 21.6 Å². The van der Waals surface area contributed by atoms with Gasteiger partial charge in [0, 0.05) is 33.1 Å². The van der Waals surface area contributed by atoms with Crippen molar-refractivity contribution in [2.24, 2.45) is 0 Å². The average molecular weight is 300 g/mol. The molecular formula is C9H20O5S2Si. The molecule has 102 valence electrons. The van der Waals surface area contributed by atoms with Gasteiger partial charge in [-0.2, -0.15) is 0 Å². The summed E-state index contributed by atoms with van der Waals surface area (Å²) in [5.74, 6) is 0.0736. The Balaban J connectivity index is 3.73. The van der Waals surface area contributed by atoms with Crippen LogP contribution in [0.25, 0.3) is 0 Å². The van der Waals surface area contributed by atoms with Crippen LogP contribution in [0.3, 0.4) is 0 Å². The molecule has 5 nitrogen and oxygen atoms in total. The van der Waals surface area contributed by atoms with E-state index in [0.717, 1.165) is 18.2 Å². The molecule has 1 unspecified atom stereocenters. The third-order valence-electron chi connectivity index (χ3n) is 2.20. The van der Waals surface area contributed by atoms with Gasteiger partial charge >= 0.3 is 14.8 Å². The van der Waals surface area contributed by atoms with Gasteiger partial charge in [0.25, 0.3) is 0 Å². The lowest BCUT2D eigenvalue weighted by Crippen LogP contribution is -2.42. The zero-order valence-corrected chi connectivity index (χ0v) is 13.2. The second-order valence-corrected chi connectivity index (χ2v) is 9.22. The molecule has 8 heteroatoms. The molecule has 0 heterocycles. The molecule has 1 N–H and O–H groups in total. The standard InChI is InChI=1S/C9H20O5S2Si/c1-8(9(10)11)16-15-6-5-7-17(12-2,13-3)14-4/h8H,5-7H2,1-4H3,(H,10,11). The lowest BCUT2D eigenvalue weighted by Gasteiger charge is -2.24. The van der Waals surface area contributed by atoms with Gasteiger partial charge in [-0.15, -0.1) is 0 Å². The fourth-order valence-electron chi connectivity index (χ4n) is 1.10. The summed E-state index contributed by atoms with van der Waals surface area (Å²) in [5.41, 5.74) is 0. The van der Waals surface area contributed by atoms with Crippen molar-refractivity contribution < 1.29 is 23.2 Å². The van der Waals surface area contributed by atoms with Crippen LogP contribution in [-0.4, -0.2) is 52.2 Å². The summed E-state index contributed by atoms with van der Waals surface area (Å²) in [6, 6.07) is 0.742. The van der Waals surface area contributed by atoms with Gasteiger partial charge in [-0.3, -0.25) is 4.79 Å². The summed E-state index contributed by atoms with van der Waals surface area (Å²) < 4.78 is 15.9. The molecular weight excluding hydrogens is 280 g/mol. The van der Waals surface area contributed by atoms with E-state index in [1.54, 1.807) is 39.0 Å². The summed E-state index contributed by atoms with van der Waals surface area (Å²) in [4.78, 5) is 10.6. The highest BCUT2D eigenvalue weighted by atomic mass is 33.1. The van der Waals surface area contributed by atoms with E-state index in [1.165, 1.54) is 10.8 Å². The van der Waals surface area contributed by atoms with E-state index in [9.17, 15) is 4.79 Å². The van der Waals surface area contributed by atoms with E-state index in [2.05, 4.69) is 0 Å². The van der Waals surface area contributed by atoms with Crippen molar-refractivity contribution in [3.8, 4) is 0 Å². The van der Waals surface area contributed by atoms with E-state index < -0.39 is 14.8 Å². The first-order chi connectivity index (χ1) is 8.01. The summed E-state index contributed by atoms with van der Waals surface area (Å²) in [6.07, 6.45) is 0.881. The molecule has 1 atom stereocenters. The topological polar surface area (TPSA) is 65.0 Å². The molecule has 17 heavy (non-hydrogen) atoms. The van der Waals surface area contributed by atoms with E-state index in [-0.39, 0.29) is 5.25 Å². The number of aliphatic carboxylic acids is 1. The molecule has 0 rings (SSSR count). The molecule has 0 spiro atoms. The molecule has 0 bridgehead atoms. The number of hydrogen-bond donors (Lipinski definition) is 1. The van der Waals surface area contributed by atoms with Crippen LogP contribution in [-0.2, 0) is 18.1 Å². The second-order valence-electron chi connectivity index (χ2n) is 3.30. The van der Waals surface area contributed by atoms with E-state index >= 15 is 0 Å². The Morgan fingerprint density at radius 1 is 1.29 bits per heavy atom. The number of carbonyl (C=O) groups is 1. The Labute approximate surface area is 111 Å². The molecule has 0 aromatic carbocycles. The fraction of sp³-hybridized carbons (Fsp3) is 0.889. The minimum atomic E-state index is -2.46. The smallest absolute Gasteiger partial charge is 0.480 e. The minimum Gasteiger partial charge on any atom is -0.480 e. The Morgan fingerprint density at radius 2 is 1.82 bits per heavy atom. The summed E-state index contributed by atoms with van der Waals surface area (Å²) in [6.45, 7) is 1.68. The number of carboxylic acid groups (broad SMARTS) is 1. The van der Waals surface area contributed by atoms with Gasteiger partial charge < -0.3 is 18.4 Å². The Hall–Kier alpha value is 0.267. The molecule has 0 aliphatic rings. The molecule has 0 radical (unpaired) electrons. The van der Waals surface area contributed by atoms with Crippen molar-refractivity contribution in [2.45, 2.75) is 24.6 Å². The maximum absolute atomic E-state index is 10.6. The lowest BCUT2D eigenvalue weighted by atomic mass is 10.5. The third-order valence-corrected chi connectivity index (χ3v) is 7.89. The summed E-state index contributed by atoms with van der Waals surface area (Å²) in [7, 11) is 5.24. The molecule has 0 aliphatic heterocycles. The predicted molar refractivity (Wildman–Crippen MR) is 73.4 cm³/mol. The summed E-state index contributed by atoms with van der Waals surface area (Å²) >= 11 is 0. The van der Waals surface area contributed by atoms with Crippen molar-refractivity contribution in [3.05, 3.63) is 0 Å². The highest BCUT2D eigenvalue weighted by Gasteiger charge is 2.36. The van der Waals surface area contributed by atoms with Gasteiger partial charge in [-0.25, -0.2) is 0 Å². The highest BCUT2D eigenvalue weighted by molar-refractivity contribution is 8.77. The van der Waals surface area contributed by atoms with Crippen LogP contribution in [0.4, 0.5) is 0 Å². The maximum atomic E-state index is 10.6. The largest absolute Gasteiger partial charge is 0.500 e. The Bertz CT molecular complexity index is 217. The normalized spacial score (nSPS) is 13.6. The quantitative estimate of drug-likeness (QED) is 0.376. The third kappa shape index (κ3) is 6.68. The highest BCUT2D eigenvalue weighted by Crippen LogP contribution is 2.28. The predicted octanol–water partition coefficient (Wildman–Crippen LogP) is 2.11. The van der Waals surface area contributed by atoms with E-state index in [1.807, 2.05) is 0 Å². The molecule has 0 aromatic rings. The molecule has 0 aromatic heterocycles. The van der Waals surface area contributed by atoms with Gasteiger partial charge in [0.05, 0.1) is 0 Å². The molecule has 0 aliphatic carbocycles. The Morgan fingerprint density at radius 3 is 2.24 bits per heavy atom. The van der Waals surface area contributed by atoms with Crippen LogP contribution in [0.1, 0.15) is 13.3 Å². The first-order valence-electron chi connectivity index (χ1n) is 5.18. The van der Waals surface area contributed by atoms with Crippen molar-refractivity contribution in [1.82, 2.24) is 0 Å². The fourth-order valence-corrected chi connectivity index (χ4v) is 5.22. The van der Waals surface area contributed by atoms with Crippen molar-refractivity contribution in [3.63, 3.8) is 0 Å². The van der Waals surface area contributed by atoms with Gasteiger partial charge in [0.2, 0.25) is 0 Å².